The van der Waals surface area contributed by atoms with Crippen LogP contribution in [0.1, 0.15) is 38.3 Å². The lowest BCUT2D eigenvalue weighted by Crippen LogP contribution is -2.60. The Hall–Kier alpha value is -1.47. The Bertz CT molecular complexity index is 695. The maximum absolute atomic E-state index is 13.6. The molecule has 1 unspecified atom stereocenters. The summed E-state index contributed by atoms with van der Waals surface area (Å²) in [4.78, 5) is 14.8. The molecule has 1 aromatic carbocycles. The van der Waals surface area contributed by atoms with E-state index in [9.17, 15) is 23.1 Å². The molecule has 0 radical (unpaired) electrons. The molecule has 1 saturated heterocycles. The molecule has 2 aliphatic rings. The van der Waals surface area contributed by atoms with Crippen LogP contribution in [0.3, 0.4) is 0 Å². The second-order valence-electron chi connectivity index (χ2n) is 7.47. The van der Waals surface area contributed by atoms with Crippen LogP contribution in [-0.2, 0) is 0 Å². The summed E-state index contributed by atoms with van der Waals surface area (Å²) in [5.74, 6) is -3.51. The lowest BCUT2D eigenvalue weighted by atomic mass is 9.73. The second kappa shape index (κ2) is 6.93. The Morgan fingerprint density at radius 3 is 2.46 bits per heavy atom. The quantitative estimate of drug-likeness (QED) is 0.817. The highest BCUT2D eigenvalue weighted by atomic mass is 35.5. The van der Waals surface area contributed by atoms with E-state index in [1.165, 1.54) is 17.0 Å². The molecule has 1 aliphatic carbocycles. The van der Waals surface area contributed by atoms with Crippen LogP contribution in [0.5, 0.6) is 0 Å². The molecule has 8 heteroatoms. The summed E-state index contributed by atoms with van der Waals surface area (Å²) >= 11 is 5.92. The number of carboxylic acid groups (broad SMARTS) is 1. The number of hydrogen-bond acceptors (Lipinski definition) is 2. The van der Waals surface area contributed by atoms with E-state index in [4.69, 9.17) is 11.6 Å². The number of rotatable bonds is 3. The van der Waals surface area contributed by atoms with Gasteiger partial charge in [-0.3, -0.25) is 4.90 Å². The molecule has 1 saturated carbocycles. The number of amides is 1. The summed E-state index contributed by atoms with van der Waals surface area (Å²) < 4.78 is 40.6. The van der Waals surface area contributed by atoms with Crippen LogP contribution >= 0.6 is 11.6 Å². The van der Waals surface area contributed by atoms with Crippen molar-refractivity contribution in [2.45, 2.75) is 50.7 Å². The van der Waals surface area contributed by atoms with Gasteiger partial charge in [0.05, 0.1) is 5.02 Å². The predicted molar refractivity (Wildman–Crippen MR) is 92.2 cm³/mol. The first kappa shape index (κ1) is 19.3. The molecular formula is C18H22ClF3N2O2. The minimum atomic E-state index is -2.68. The molecule has 1 amide bonds. The van der Waals surface area contributed by atoms with Gasteiger partial charge in [-0.15, -0.1) is 0 Å². The third kappa shape index (κ3) is 3.64. The molecule has 1 heterocycles. The first-order valence-corrected chi connectivity index (χ1v) is 9.05. The van der Waals surface area contributed by atoms with Crippen molar-refractivity contribution >= 4 is 17.7 Å². The molecule has 3 atom stereocenters. The molecule has 144 valence electrons. The molecule has 1 aromatic rings. The van der Waals surface area contributed by atoms with Gasteiger partial charge in [-0.25, -0.2) is 18.0 Å². The van der Waals surface area contributed by atoms with Gasteiger partial charge in [0.15, 0.2) is 0 Å². The highest BCUT2D eigenvalue weighted by molar-refractivity contribution is 6.30. The Morgan fingerprint density at radius 1 is 1.27 bits per heavy atom. The molecule has 0 spiro atoms. The van der Waals surface area contributed by atoms with Gasteiger partial charge < -0.3 is 10.0 Å². The molecular weight excluding hydrogens is 369 g/mol. The molecule has 3 rings (SSSR count). The third-order valence-corrected chi connectivity index (χ3v) is 5.78. The van der Waals surface area contributed by atoms with Crippen molar-refractivity contribution in [3.63, 3.8) is 0 Å². The summed E-state index contributed by atoms with van der Waals surface area (Å²) in [6.45, 7) is 4.41. The molecule has 4 nitrogen and oxygen atoms in total. The summed E-state index contributed by atoms with van der Waals surface area (Å²) in [5, 5.41) is 9.28. The van der Waals surface area contributed by atoms with Gasteiger partial charge in [0.25, 0.3) is 0 Å². The van der Waals surface area contributed by atoms with Crippen molar-refractivity contribution in [1.82, 2.24) is 9.80 Å². The first-order valence-electron chi connectivity index (χ1n) is 8.67. The van der Waals surface area contributed by atoms with E-state index in [0.29, 0.717) is 18.7 Å². The van der Waals surface area contributed by atoms with Crippen molar-refractivity contribution in [3.05, 3.63) is 34.6 Å². The smallest absolute Gasteiger partial charge is 0.407 e. The van der Waals surface area contributed by atoms with Crippen LogP contribution in [0.4, 0.5) is 18.0 Å². The van der Waals surface area contributed by atoms with Crippen LogP contribution in [0.15, 0.2) is 18.2 Å². The van der Waals surface area contributed by atoms with Gasteiger partial charge in [-0.05, 0) is 37.5 Å². The van der Waals surface area contributed by atoms with E-state index in [0.717, 1.165) is 0 Å². The van der Waals surface area contributed by atoms with E-state index in [2.05, 4.69) is 4.90 Å². The van der Waals surface area contributed by atoms with E-state index in [1.54, 1.807) is 13.0 Å². The van der Waals surface area contributed by atoms with Gasteiger partial charge in [-0.2, -0.15) is 0 Å². The third-order valence-electron chi connectivity index (χ3n) is 5.49. The Labute approximate surface area is 155 Å². The summed E-state index contributed by atoms with van der Waals surface area (Å²) in [6, 6.07) is 3.58. The molecule has 0 bridgehead atoms. The monoisotopic (exact) mass is 390 g/mol. The van der Waals surface area contributed by atoms with Gasteiger partial charge in [0.1, 0.15) is 5.82 Å². The minimum Gasteiger partial charge on any atom is -0.465 e. The van der Waals surface area contributed by atoms with Crippen LogP contribution in [-0.4, -0.2) is 52.1 Å². The van der Waals surface area contributed by atoms with Crippen LogP contribution in [0.25, 0.3) is 0 Å². The molecule has 2 fully saturated rings. The van der Waals surface area contributed by atoms with Crippen molar-refractivity contribution in [2.24, 2.45) is 5.92 Å². The maximum atomic E-state index is 13.6. The zero-order valence-electron chi connectivity index (χ0n) is 14.6. The van der Waals surface area contributed by atoms with Crippen LogP contribution in [0, 0.1) is 11.7 Å². The molecule has 1 N–H and O–H groups in total. The molecule has 1 aliphatic heterocycles. The Kier molecular flexibility index (Phi) is 5.14. The Balaban J connectivity index is 1.91. The average Bonchev–Trinajstić information content (AvgIpc) is 2.52. The fraction of sp³-hybridized carbons (Fsp3) is 0.611. The SMILES string of the molecule is C[C@@H]1CN(C(=O)O)[C@@H](C)CN1C(c1ccc(F)c(Cl)c1)C1CC(F)(F)C1. The summed E-state index contributed by atoms with van der Waals surface area (Å²) in [7, 11) is 0. The normalized spacial score (nSPS) is 27.8. The Morgan fingerprint density at radius 2 is 1.92 bits per heavy atom. The average molecular weight is 391 g/mol. The van der Waals surface area contributed by atoms with Crippen molar-refractivity contribution in [1.29, 1.82) is 0 Å². The summed E-state index contributed by atoms with van der Waals surface area (Å²) in [6.07, 6.45) is -1.44. The lowest BCUT2D eigenvalue weighted by Gasteiger charge is -2.51. The molecule has 0 aromatic heterocycles. The highest BCUT2D eigenvalue weighted by Gasteiger charge is 2.51. The number of benzene rings is 1. The van der Waals surface area contributed by atoms with Crippen LogP contribution in [0.2, 0.25) is 5.02 Å². The number of piperazine rings is 1. The maximum Gasteiger partial charge on any atom is 0.407 e. The molecule has 26 heavy (non-hydrogen) atoms. The van der Waals surface area contributed by atoms with Gasteiger partial charge in [0.2, 0.25) is 5.92 Å². The van der Waals surface area contributed by atoms with Crippen molar-refractivity contribution in [2.75, 3.05) is 13.1 Å². The van der Waals surface area contributed by atoms with E-state index >= 15 is 0 Å². The number of nitrogens with zero attached hydrogens (tertiary/aromatic N) is 2. The van der Waals surface area contributed by atoms with Gasteiger partial charge in [-0.1, -0.05) is 17.7 Å². The van der Waals surface area contributed by atoms with Gasteiger partial charge in [0, 0.05) is 44.1 Å². The van der Waals surface area contributed by atoms with Crippen LogP contribution < -0.4 is 0 Å². The first-order chi connectivity index (χ1) is 12.1. The number of hydrogen-bond donors (Lipinski definition) is 1. The number of halogens is 4. The highest BCUT2D eigenvalue weighted by Crippen LogP contribution is 2.51. The second-order valence-corrected chi connectivity index (χ2v) is 7.88. The van der Waals surface area contributed by atoms with Gasteiger partial charge >= 0.3 is 6.09 Å². The lowest BCUT2D eigenvalue weighted by molar-refractivity contribution is -0.140. The standard InChI is InChI=1S/C18H22ClF3N2O2/c1-10-9-24(17(25)26)11(2)8-23(10)16(13-6-18(21,22)7-13)12-3-4-15(20)14(19)5-12/h3-5,10-11,13,16H,6-9H2,1-2H3,(H,25,26)/t10-,11+,16?/m1/s1. The zero-order valence-corrected chi connectivity index (χ0v) is 15.4. The number of carbonyl (C=O) groups is 1. The topological polar surface area (TPSA) is 43.8 Å². The number of alkyl halides is 2. The largest absolute Gasteiger partial charge is 0.465 e. The fourth-order valence-electron chi connectivity index (χ4n) is 4.17. The van der Waals surface area contributed by atoms with Crippen molar-refractivity contribution in [3.8, 4) is 0 Å². The summed E-state index contributed by atoms with van der Waals surface area (Å²) in [5.41, 5.74) is 0.694. The van der Waals surface area contributed by atoms with E-state index in [-0.39, 0.29) is 41.9 Å². The van der Waals surface area contributed by atoms with E-state index < -0.39 is 17.8 Å². The predicted octanol–water partition coefficient (Wildman–Crippen LogP) is 4.64. The van der Waals surface area contributed by atoms with E-state index in [1.807, 2.05) is 6.92 Å². The minimum absolute atomic E-state index is 0.0385. The zero-order chi connectivity index (χ0) is 19.2. The fourth-order valence-corrected chi connectivity index (χ4v) is 4.36. The van der Waals surface area contributed by atoms with Crippen molar-refractivity contribution < 1.29 is 23.1 Å².